The number of aryl methyl sites for hydroxylation is 1. The fourth-order valence-electron chi connectivity index (χ4n) is 3.30. The lowest BCUT2D eigenvalue weighted by Gasteiger charge is -2.23. The quantitative estimate of drug-likeness (QED) is 0.455. The van der Waals surface area contributed by atoms with Crippen molar-refractivity contribution in [3.05, 3.63) is 88.9 Å². The van der Waals surface area contributed by atoms with Gasteiger partial charge in [0, 0.05) is 11.6 Å². The summed E-state index contributed by atoms with van der Waals surface area (Å²) in [5, 5.41) is 3.51. The summed E-state index contributed by atoms with van der Waals surface area (Å²) < 4.78 is 33.0. The van der Waals surface area contributed by atoms with E-state index in [1.807, 2.05) is 26.0 Å². The van der Waals surface area contributed by atoms with Crippen LogP contribution in [0.2, 0.25) is 5.02 Å². The summed E-state index contributed by atoms with van der Waals surface area (Å²) in [5.74, 6) is 0.204. The minimum atomic E-state index is -3.68. The Hall–Kier alpha value is -3.03. The molecule has 0 aliphatic rings. The van der Waals surface area contributed by atoms with Crippen LogP contribution in [0.4, 0.5) is 5.69 Å². The molecule has 0 aliphatic carbocycles. The highest BCUT2D eigenvalue weighted by Crippen LogP contribution is 2.26. The second-order valence-electron chi connectivity index (χ2n) is 7.61. The number of carbonyl (C=O) groups excluding carboxylic acids is 1. The van der Waals surface area contributed by atoms with Gasteiger partial charge in [-0.05, 0) is 74.9 Å². The highest BCUT2D eigenvalue weighted by molar-refractivity contribution is 7.92. The number of halogens is 1. The van der Waals surface area contributed by atoms with Crippen molar-refractivity contribution in [1.29, 1.82) is 0 Å². The minimum absolute atomic E-state index is 0.156. The second kappa shape index (κ2) is 10.7. The number of rotatable bonds is 9. The topological polar surface area (TPSA) is 75.7 Å². The normalized spacial score (nSPS) is 12.1. The van der Waals surface area contributed by atoms with Crippen LogP contribution in [0.15, 0.2) is 77.7 Å². The number of amides is 1. The summed E-state index contributed by atoms with van der Waals surface area (Å²) in [4.78, 5) is 12.5. The van der Waals surface area contributed by atoms with Crippen LogP contribution in [0.5, 0.6) is 5.75 Å². The van der Waals surface area contributed by atoms with Crippen molar-refractivity contribution in [2.24, 2.45) is 0 Å². The molecule has 0 heterocycles. The molecule has 0 radical (unpaired) electrons. The van der Waals surface area contributed by atoms with Crippen LogP contribution >= 0.6 is 11.6 Å². The SMILES string of the molecule is CCN(c1ccc(OCC(=O)N[C@H](C)c2ccc(Cl)cc2)cc1)S(=O)(=O)c1ccc(C)cc1. The minimum Gasteiger partial charge on any atom is -0.484 e. The van der Waals surface area contributed by atoms with E-state index in [0.29, 0.717) is 16.5 Å². The molecule has 0 spiro atoms. The third-order valence-electron chi connectivity index (χ3n) is 5.14. The van der Waals surface area contributed by atoms with Crippen LogP contribution in [-0.4, -0.2) is 27.5 Å². The first-order valence-electron chi connectivity index (χ1n) is 10.6. The maximum atomic E-state index is 13.0. The van der Waals surface area contributed by atoms with Crippen LogP contribution < -0.4 is 14.4 Å². The van der Waals surface area contributed by atoms with Gasteiger partial charge >= 0.3 is 0 Å². The first-order valence-corrected chi connectivity index (χ1v) is 12.4. The van der Waals surface area contributed by atoms with Gasteiger partial charge in [0.15, 0.2) is 6.61 Å². The van der Waals surface area contributed by atoms with E-state index in [0.717, 1.165) is 11.1 Å². The van der Waals surface area contributed by atoms with Crippen molar-refractivity contribution < 1.29 is 17.9 Å². The Labute approximate surface area is 200 Å². The van der Waals surface area contributed by atoms with E-state index in [4.69, 9.17) is 16.3 Å². The predicted molar refractivity (Wildman–Crippen MR) is 131 cm³/mol. The maximum Gasteiger partial charge on any atom is 0.264 e. The number of nitrogens with zero attached hydrogens (tertiary/aromatic N) is 1. The van der Waals surface area contributed by atoms with Crippen LogP contribution in [0, 0.1) is 6.92 Å². The Morgan fingerprint density at radius 3 is 2.18 bits per heavy atom. The number of nitrogens with one attached hydrogen (secondary N) is 1. The highest BCUT2D eigenvalue weighted by Gasteiger charge is 2.23. The fourth-order valence-corrected chi connectivity index (χ4v) is 4.90. The van der Waals surface area contributed by atoms with E-state index in [2.05, 4.69) is 5.32 Å². The van der Waals surface area contributed by atoms with Gasteiger partial charge in [0.2, 0.25) is 0 Å². The zero-order valence-electron chi connectivity index (χ0n) is 18.8. The van der Waals surface area contributed by atoms with Crippen molar-refractivity contribution in [3.8, 4) is 5.75 Å². The van der Waals surface area contributed by atoms with Crippen molar-refractivity contribution >= 4 is 33.2 Å². The zero-order chi connectivity index (χ0) is 24.0. The Bertz CT molecular complexity index is 1180. The van der Waals surface area contributed by atoms with Crippen molar-refractivity contribution in [2.75, 3.05) is 17.5 Å². The van der Waals surface area contributed by atoms with Gasteiger partial charge in [-0.25, -0.2) is 8.42 Å². The predicted octanol–water partition coefficient (Wildman–Crippen LogP) is 5.12. The summed E-state index contributed by atoms with van der Waals surface area (Å²) in [6.45, 7) is 5.69. The molecule has 0 unspecified atom stereocenters. The molecular formula is C25H27ClN2O4S. The third kappa shape index (κ3) is 6.27. The first kappa shape index (κ1) is 24.6. The molecule has 3 aromatic rings. The second-order valence-corrected chi connectivity index (χ2v) is 9.90. The molecule has 0 saturated heterocycles. The van der Waals surface area contributed by atoms with Crippen LogP contribution in [-0.2, 0) is 14.8 Å². The molecule has 1 N–H and O–H groups in total. The molecule has 3 aromatic carbocycles. The average Bonchev–Trinajstić information content (AvgIpc) is 2.79. The van der Waals surface area contributed by atoms with E-state index >= 15 is 0 Å². The fraction of sp³-hybridized carbons (Fsp3) is 0.240. The Kier molecular flexibility index (Phi) is 8.00. The van der Waals surface area contributed by atoms with E-state index in [1.54, 1.807) is 67.6 Å². The lowest BCUT2D eigenvalue weighted by Crippen LogP contribution is -2.31. The van der Waals surface area contributed by atoms with Gasteiger partial charge in [0.25, 0.3) is 15.9 Å². The van der Waals surface area contributed by atoms with Gasteiger partial charge in [0.05, 0.1) is 16.6 Å². The largest absolute Gasteiger partial charge is 0.484 e. The standard InChI is InChI=1S/C25H27ClN2O4S/c1-4-28(33(30,31)24-15-5-18(2)6-16-24)22-11-13-23(14-12-22)32-17-25(29)27-19(3)20-7-9-21(26)10-8-20/h5-16,19H,4,17H2,1-3H3,(H,27,29)/t19-/m1/s1. The van der Waals surface area contributed by atoms with Crippen LogP contribution in [0.25, 0.3) is 0 Å². The maximum absolute atomic E-state index is 13.0. The van der Waals surface area contributed by atoms with E-state index in [1.165, 1.54) is 4.31 Å². The molecular weight excluding hydrogens is 460 g/mol. The highest BCUT2D eigenvalue weighted by atomic mass is 35.5. The Morgan fingerprint density at radius 1 is 1.00 bits per heavy atom. The van der Waals surface area contributed by atoms with E-state index in [9.17, 15) is 13.2 Å². The van der Waals surface area contributed by atoms with Gasteiger partial charge in [-0.1, -0.05) is 41.4 Å². The molecule has 6 nitrogen and oxygen atoms in total. The third-order valence-corrected chi connectivity index (χ3v) is 7.31. The molecule has 3 rings (SSSR count). The Morgan fingerprint density at radius 2 is 1.61 bits per heavy atom. The lowest BCUT2D eigenvalue weighted by atomic mass is 10.1. The molecule has 1 amide bonds. The summed E-state index contributed by atoms with van der Waals surface area (Å²) in [5.41, 5.74) is 2.45. The zero-order valence-corrected chi connectivity index (χ0v) is 20.4. The molecule has 1 atom stereocenters. The average molecular weight is 487 g/mol. The summed E-state index contributed by atoms with van der Waals surface area (Å²) in [7, 11) is -3.68. The van der Waals surface area contributed by atoms with E-state index < -0.39 is 10.0 Å². The molecule has 8 heteroatoms. The van der Waals surface area contributed by atoms with Crippen molar-refractivity contribution in [3.63, 3.8) is 0 Å². The Balaban J connectivity index is 1.61. The monoisotopic (exact) mass is 486 g/mol. The molecule has 0 saturated carbocycles. The van der Waals surface area contributed by atoms with Gasteiger partial charge in [0.1, 0.15) is 5.75 Å². The lowest BCUT2D eigenvalue weighted by molar-refractivity contribution is -0.123. The number of benzene rings is 3. The van der Waals surface area contributed by atoms with Gasteiger partial charge in [-0.3, -0.25) is 9.10 Å². The number of sulfonamides is 1. The summed E-state index contributed by atoms with van der Waals surface area (Å²) in [6, 6.07) is 20.5. The van der Waals surface area contributed by atoms with Crippen LogP contribution in [0.1, 0.15) is 31.0 Å². The smallest absolute Gasteiger partial charge is 0.264 e. The first-order chi connectivity index (χ1) is 15.7. The van der Waals surface area contributed by atoms with E-state index in [-0.39, 0.29) is 30.0 Å². The molecule has 0 fully saturated rings. The molecule has 0 aromatic heterocycles. The number of anilines is 1. The number of hydrogen-bond donors (Lipinski definition) is 1. The number of ether oxygens (including phenoxy) is 1. The van der Waals surface area contributed by atoms with Crippen molar-refractivity contribution in [1.82, 2.24) is 5.32 Å². The van der Waals surface area contributed by atoms with Crippen LogP contribution in [0.3, 0.4) is 0 Å². The van der Waals surface area contributed by atoms with Gasteiger partial charge in [-0.2, -0.15) is 0 Å². The molecule has 33 heavy (non-hydrogen) atoms. The molecule has 0 aliphatic heterocycles. The van der Waals surface area contributed by atoms with Gasteiger partial charge in [-0.15, -0.1) is 0 Å². The summed E-state index contributed by atoms with van der Waals surface area (Å²) in [6.07, 6.45) is 0. The molecule has 174 valence electrons. The number of carbonyl (C=O) groups is 1. The van der Waals surface area contributed by atoms with Crippen molar-refractivity contribution in [2.45, 2.75) is 31.7 Å². The van der Waals surface area contributed by atoms with Gasteiger partial charge < -0.3 is 10.1 Å². The summed E-state index contributed by atoms with van der Waals surface area (Å²) >= 11 is 5.90. The molecule has 0 bridgehead atoms. The number of hydrogen-bond acceptors (Lipinski definition) is 4.